The third-order valence-electron chi connectivity index (χ3n) is 6.13. The summed E-state index contributed by atoms with van der Waals surface area (Å²) >= 11 is 6.53. The van der Waals surface area contributed by atoms with Gasteiger partial charge in [-0.15, -0.1) is 0 Å². The zero-order chi connectivity index (χ0) is 23.3. The molecule has 0 radical (unpaired) electrons. The van der Waals surface area contributed by atoms with Crippen LogP contribution in [0.25, 0.3) is 10.8 Å². The Kier molecular flexibility index (Phi) is 5.69. The van der Waals surface area contributed by atoms with E-state index in [-0.39, 0.29) is 11.4 Å². The van der Waals surface area contributed by atoms with Gasteiger partial charge in [-0.3, -0.25) is 0 Å². The van der Waals surface area contributed by atoms with E-state index >= 15 is 0 Å². The van der Waals surface area contributed by atoms with Gasteiger partial charge in [-0.25, -0.2) is 9.18 Å². The van der Waals surface area contributed by atoms with Crippen molar-refractivity contribution in [3.63, 3.8) is 0 Å². The molecule has 32 heavy (non-hydrogen) atoms. The third-order valence-corrected chi connectivity index (χ3v) is 6.46. The maximum absolute atomic E-state index is 13.5. The fourth-order valence-electron chi connectivity index (χ4n) is 3.57. The van der Waals surface area contributed by atoms with E-state index in [4.69, 9.17) is 25.6 Å². The van der Waals surface area contributed by atoms with Crippen LogP contribution in [0.5, 0.6) is 0 Å². The van der Waals surface area contributed by atoms with Gasteiger partial charge in [-0.2, -0.15) is 0 Å². The molecule has 166 valence electrons. The molecule has 8 heteroatoms. The zero-order valence-electron chi connectivity index (χ0n) is 18.6. The number of hydrogen-bond donors (Lipinski definition) is 1. The van der Waals surface area contributed by atoms with E-state index in [1.165, 1.54) is 19.2 Å². The molecule has 0 aliphatic carbocycles. The van der Waals surface area contributed by atoms with E-state index < -0.39 is 24.3 Å². The smallest absolute Gasteiger partial charge is 0.465 e. The summed E-state index contributed by atoms with van der Waals surface area (Å²) < 4.78 is 30.7. The van der Waals surface area contributed by atoms with Gasteiger partial charge in [-0.05, 0) is 74.9 Å². The molecule has 0 bridgehead atoms. The summed E-state index contributed by atoms with van der Waals surface area (Å²) in [6.07, 6.45) is 0. The minimum Gasteiger partial charge on any atom is -0.465 e. The molecule has 0 amide bonds. The number of hydrogen-bond acceptors (Lipinski definition) is 5. The van der Waals surface area contributed by atoms with Crippen LogP contribution in [0.1, 0.15) is 38.1 Å². The number of ether oxygens (including phenoxy) is 1. The Morgan fingerprint density at radius 3 is 2.28 bits per heavy atom. The van der Waals surface area contributed by atoms with Crippen LogP contribution in [0.3, 0.4) is 0 Å². The van der Waals surface area contributed by atoms with Crippen LogP contribution < -0.4 is 10.8 Å². The quantitative estimate of drug-likeness (QED) is 0.418. The first-order valence-electron chi connectivity index (χ1n) is 10.2. The highest BCUT2D eigenvalue weighted by Crippen LogP contribution is 2.38. The normalized spacial score (nSPS) is 16.9. The van der Waals surface area contributed by atoms with Crippen molar-refractivity contribution in [2.24, 2.45) is 0 Å². The highest BCUT2D eigenvalue weighted by Gasteiger charge is 2.52. The summed E-state index contributed by atoms with van der Waals surface area (Å²) in [6, 6.07) is 13.4. The summed E-state index contributed by atoms with van der Waals surface area (Å²) in [4.78, 5) is 12.4. The first-order valence-corrected chi connectivity index (χ1v) is 10.6. The number of anilines is 2. The Morgan fingerprint density at radius 2 is 1.62 bits per heavy atom. The topological polar surface area (TPSA) is 56.8 Å². The van der Waals surface area contributed by atoms with Crippen LogP contribution in [0, 0.1) is 5.82 Å². The van der Waals surface area contributed by atoms with Gasteiger partial charge in [0.2, 0.25) is 0 Å². The lowest BCUT2D eigenvalue weighted by Crippen LogP contribution is -2.41. The summed E-state index contributed by atoms with van der Waals surface area (Å²) in [5.74, 6) is -0.825. The first-order chi connectivity index (χ1) is 15.0. The molecule has 1 fully saturated rings. The Labute approximate surface area is 191 Å². The number of halogens is 2. The molecule has 3 aromatic carbocycles. The number of methoxy groups -OCH3 is 1. The highest BCUT2D eigenvalue weighted by molar-refractivity contribution is 6.66. The maximum Gasteiger partial charge on any atom is 0.496 e. The molecule has 5 nitrogen and oxygen atoms in total. The van der Waals surface area contributed by atoms with Gasteiger partial charge in [0.1, 0.15) is 5.82 Å². The van der Waals surface area contributed by atoms with E-state index in [1.54, 1.807) is 18.2 Å². The average molecular weight is 456 g/mol. The number of benzene rings is 3. The first kappa shape index (κ1) is 22.6. The summed E-state index contributed by atoms with van der Waals surface area (Å²) in [5, 5.41) is 5.23. The van der Waals surface area contributed by atoms with Crippen LogP contribution in [0.2, 0.25) is 5.02 Å². The van der Waals surface area contributed by atoms with Crippen molar-refractivity contribution in [1.82, 2.24) is 0 Å². The van der Waals surface area contributed by atoms with Crippen LogP contribution in [0.4, 0.5) is 15.8 Å². The summed E-state index contributed by atoms with van der Waals surface area (Å²) in [5.41, 5.74) is 1.01. The number of nitrogens with one attached hydrogen (secondary N) is 1. The molecule has 0 unspecified atom stereocenters. The van der Waals surface area contributed by atoms with E-state index in [9.17, 15) is 9.18 Å². The van der Waals surface area contributed by atoms with Gasteiger partial charge >= 0.3 is 13.1 Å². The molecule has 3 aromatic rings. The molecular formula is C24H24BClFNO4. The minimum absolute atomic E-state index is 0.275. The van der Waals surface area contributed by atoms with Crippen LogP contribution in [-0.2, 0) is 14.0 Å². The van der Waals surface area contributed by atoms with Crippen molar-refractivity contribution in [3.8, 4) is 0 Å². The lowest BCUT2D eigenvalue weighted by molar-refractivity contribution is 0.00578. The van der Waals surface area contributed by atoms with Crippen LogP contribution in [-0.4, -0.2) is 31.4 Å². The van der Waals surface area contributed by atoms with Crippen molar-refractivity contribution < 1.29 is 23.2 Å². The standard InChI is InChI=1S/C24H24BClFNO4/c1-23(2)24(3,4)32-25(31-23)19-13-21(18(12-20(19)26)22(29)30-5)28-17-9-7-14-10-16(27)8-6-15(14)11-17/h6-13,28H,1-5H3. The van der Waals surface area contributed by atoms with Crippen molar-refractivity contribution in [3.05, 3.63) is 64.9 Å². The molecule has 1 aliphatic heterocycles. The van der Waals surface area contributed by atoms with Crippen molar-refractivity contribution in [1.29, 1.82) is 0 Å². The van der Waals surface area contributed by atoms with Gasteiger partial charge in [-0.1, -0.05) is 23.7 Å². The van der Waals surface area contributed by atoms with Crippen LogP contribution in [0.15, 0.2) is 48.5 Å². The van der Waals surface area contributed by atoms with Crippen molar-refractivity contribution in [2.45, 2.75) is 38.9 Å². The van der Waals surface area contributed by atoms with Gasteiger partial charge in [0.05, 0.1) is 29.6 Å². The zero-order valence-corrected chi connectivity index (χ0v) is 19.3. The van der Waals surface area contributed by atoms with E-state index in [0.717, 1.165) is 16.5 Å². The number of esters is 1. The Bertz CT molecular complexity index is 1200. The number of rotatable bonds is 4. The predicted molar refractivity (Wildman–Crippen MR) is 126 cm³/mol. The molecule has 0 atom stereocenters. The molecule has 0 aromatic heterocycles. The fraction of sp³-hybridized carbons (Fsp3) is 0.292. The fourth-order valence-corrected chi connectivity index (χ4v) is 3.83. The maximum atomic E-state index is 13.5. The molecule has 1 saturated heterocycles. The number of fused-ring (bicyclic) bond motifs is 1. The summed E-state index contributed by atoms with van der Waals surface area (Å²) in [7, 11) is 0.617. The number of carbonyl (C=O) groups excluding carboxylic acids is 1. The molecule has 1 heterocycles. The second kappa shape index (κ2) is 8.07. The van der Waals surface area contributed by atoms with Crippen molar-refractivity contribution >= 4 is 52.3 Å². The number of carbonyl (C=O) groups is 1. The third kappa shape index (κ3) is 4.08. The Hall–Kier alpha value is -2.61. The van der Waals surface area contributed by atoms with Gasteiger partial charge in [0, 0.05) is 16.2 Å². The SMILES string of the molecule is COC(=O)c1cc(Cl)c(B2OC(C)(C)C(C)(C)O2)cc1Nc1ccc2cc(F)ccc2c1. The van der Waals surface area contributed by atoms with Gasteiger partial charge in [0.15, 0.2) is 0 Å². The van der Waals surface area contributed by atoms with E-state index in [1.807, 2.05) is 45.9 Å². The van der Waals surface area contributed by atoms with Gasteiger partial charge in [0.25, 0.3) is 0 Å². The molecule has 1 aliphatic rings. The summed E-state index contributed by atoms with van der Waals surface area (Å²) in [6.45, 7) is 7.84. The van der Waals surface area contributed by atoms with Crippen molar-refractivity contribution in [2.75, 3.05) is 12.4 Å². The Morgan fingerprint density at radius 1 is 1.00 bits per heavy atom. The second-order valence-corrected chi connectivity index (χ2v) is 9.24. The van der Waals surface area contributed by atoms with Crippen LogP contribution >= 0.6 is 11.6 Å². The highest BCUT2D eigenvalue weighted by atomic mass is 35.5. The molecule has 0 saturated carbocycles. The molecular weight excluding hydrogens is 432 g/mol. The monoisotopic (exact) mass is 455 g/mol. The average Bonchev–Trinajstić information content (AvgIpc) is 2.95. The van der Waals surface area contributed by atoms with E-state index in [0.29, 0.717) is 16.2 Å². The minimum atomic E-state index is -0.695. The Balaban J connectivity index is 1.75. The molecule has 0 spiro atoms. The van der Waals surface area contributed by atoms with Gasteiger partial charge < -0.3 is 19.4 Å². The lowest BCUT2D eigenvalue weighted by atomic mass is 9.78. The largest absolute Gasteiger partial charge is 0.496 e. The lowest BCUT2D eigenvalue weighted by Gasteiger charge is -2.32. The second-order valence-electron chi connectivity index (χ2n) is 8.83. The predicted octanol–water partition coefficient (Wildman–Crippen LogP) is 5.46. The molecule has 1 N–H and O–H groups in total. The molecule has 4 rings (SSSR count). The van der Waals surface area contributed by atoms with E-state index in [2.05, 4.69) is 5.32 Å².